The SMILES string of the molecule is CCOC(=O)c1c(NC(=S)NCCCn2nccc2C)sc2c1CCCCCC2. The zero-order chi connectivity index (χ0) is 20.6. The van der Waals surface area contributed by atoms with Crippen molar-refractivity contribution in [3.05, 3.63) is 34.0 Å². The summed E-state index contributed by atoms with van der Waals surface area (Å²) in [5.74, 6) is -0.245. The first-order valence-corrected chi connectivity index (χ1v) is 11.7. The van der Waals surface area contributed by atoms with Crippen molar-refractivity contribution in [3.8, 4) is 0 Å². The maximum absolute atomic E-state index is 12.7. The molecule has 2 heterocycles. The fourth-order valence-electron chi connectivity index (χ4n) is 3.64. The molecule has 6 nitrogen and oxygen atoms in total. The highest BCUT2D eigenvalue weighted by Crippen LogP contribution is 2.37. The molecule has 0 fully saturated rings. The molecule has 2 aromatic rings. The second-order valence-electron chi connectivity index (χ2n) is 7.27. The van der Waals surface area contributed by atoms with E-state index in [2.05, 4.69) is 15.7 Å². The Balaban J connectivity index is 1.63. The second-order valence-corrected chi connectivity index (χ2v) is 8.79. The monoisotopic (exact) mass is 434 g/mol. The summed E-state index contributed by atoms with van der Waals surface area (Å²) in [6, 6.07) is 2.00. The van der Waals surface area contributed by atoms with E-state index in [0.717, 1.165) is 55.0 Å². The van der Waals surface area contributed by atoms with E-state index in [0.29, 0.717) is 17.3 Å². The number of hydrogen-bond donors (Lipinski definition) is 2. The normalized spacial score (nSPS) is 13.9. The van der Waals surface area contributed by atoms with Crippen molar-refractivity contribution in [2.24, 2.45) is 0 Å². The van der Waals surface area contributed by atoms with Crippen LogP contribution in [0.4, 0.5) is 5.00 Å². The smallest absolute Gasteiger partial charge is 0.341 e. The molecule has 0 saturated carbocycles. The van der Waals surface area contributed by atoms with Crippen LogP contribution in [0.15, 0.2) is 12.3 Å². The molecule has 29 heavy (non-hydrogen) atoms. The van der Waals surface area contributed by atoms with Crippen molar-refractivity contribution >= 4 is 39.6 Å². The van der Waals surface area contributed by atoms with Crippen LogP contribution in [0.5, 0.6) is 0 Å². The molecule has 0 atom stereocenters. The lowest BCUT2D eigenvalue weighted by Crippen LogP contribution is -2.30. The number of hydrogen-bond acceptors (Lipinski definition) is 5. The minimum Gasteiger partial charge on any atom is -0.462 e. The van der Waals surface area contributed by atoms with Crippen LogP contribution in [-0.2, 0) is 24.1 Å². The summed E-state index contributed by atoms with van der Waals surface area (Å²) in [7, 11) is 0. The van der Waals surface area contributed by atoms with Gasteiger partial charge in [-0.05, 0) is 69.8 Å². The summed E-state index contributed by atoms with van der Waals surface area (Å²) >= 11 is 7.14. The third-order valence-electron chi connectivity index (χ3n) is 5.14. The molecule has 8 heteroatoms. The number of esters is 1. The van der Waals surface area contributed by atoms with Gasteiger partial charge in [-0.2, -0.15) is 5.10 Å². The van der Waals surface area contributed by atoms with Gasteiger partial charge in [-0.25, -0.2) is 4.79 Å². The van der Waals surface area contributed by atoms with Crippen LogP contribution in [-0.4, -0.2) is 34.0 Å². The lowest BCUT2D eigenvalue weighted by Gasteiger charge is -2.13. The van der Waals surface area contributed by atoms with E-state index < -0.39 is 0 Å². The predicted octanol–water partition coefficient (Wildman–Crippen LogP) is 4.47. The fraction of sp³-hybridized carbons (Fsp3) is 0.571. The number of fused-ring (bicyclic) bond motifs is 1. The van der Waals surface area contributed by atoms with Gasteiger partial charge in [0.15, 0.2) is 5.11 Å². The molecular weight excluding hydrogens is 404 g/mol. The van der Waals surface area contributed by atoms with E-state index in [1.54, 1.807) is 11.3 Å². The van der Waals surface area contributed by atoms with E-state index in [9.17, 15) is 4.79 Å². The Hall–Kier alpha value is -1.93. The van der Waals surface area contributed by atoms with Gasteiger partial charge >= 0.3 is 5.97 Å². The molecule has 0 spiro atoms. The third-order valence-corrected chi connectivity index (χ3v) is 6.59. The first-order valence-electron chi connectivity index (χ1n) is 10.4. The third kappa shape index (κ3) is 5.79. The summed E-state index contributed by atoms with van der Waals surface area (Å²) in [6.45, 7) is 5.85. The van der Waals surface area contributed by atoms with Crippen LogP contribution in [0, 0.1) is 6.92 Å². The molecule has 1 aliphatic rings. The maximum Gasteiger partial charge on any atom is 0.341 e. The number of aromatic nitrogens is 2. The molecule has 0 aromatic carbocycles. The van der Waals surface area contributed by atoms with Crippen molar-refractivity contribution in [1.29, 1.82) is 0 Å². The van der Waals surface area contributed by atoms with Crippen molar-refractivity contribution < 1.29 is 9.53 Å². The highest BCUT2D eigenvalue weighted by Gasteiger charge is 2.25. The molecule has 0 radical (unpaired) electrons. The topological polar surface area (TPSA) is 68.2 Å². The van der Waals surface area contributed by atoms with E-state index in [1.165, 1.54) is 24.1 Å². The number of thiocarbonyl (C=S) groups is 1. The van der Waals surface area contributed by atoms with Gasteiger partial charge in [-0.3, -0.25) is 4.68 Å². The standard InChI is InChI=1S/C21H30N4O2S2/c1-3-27-20(26)18-16-9-6-4-5-7-10-17(16)29-19(18)24-21(28)22-12-8-14-25-15(2)11-13-23-25/h11,13H,3-10,12,14H2,1-2H3,(H2,22,24,28). The molecule has 2 N–H and O–H groups in total. The van der Waals surface area contributed by atoms with Gasteiger partial charge in [0, 0.05) is 29.9 Å². The van der Waals surface area contributed by atoms with E-state index in [1.807, 2.05) is 30.8 Å². The predicted molar refractivity (Wildman–Crippen MR) is 122 cm³/mol. The van der Waals surface area contributed by atoms with Crippen molar-refractivity contribution in [2.45, 2.75) is 65.3 Å². The molecule has 0 bridgehead atoms. The molecule has 0 amide bonds. The number of thiophene rings is 1. The van der Waals surface area contributed by atoms with E-state index in [4.69, 9.17) is 17.0 Å². The molecule has 158 valence electrons. The Labute approximate surface area is 182 Å². The fourth-order valence-corrected chi connectivity index (χ4v) is 5.19. The van der Waals surface area contributed by atoms with Gasteiger partial charge < -0.3 is 15.4 Å². The number of ether oxygens (including phenoxy) is 1. The van der Waals surface area contributed by atoms with E-state index >= 15 is 0 Å². The van der Waals surface area contributed by atoms with Gasteiger partial charge in [-0.1, -0.05) is 12.8 Å². The van der Waals surface area contributed by atoms with Gasteiger partial charge in [-0.15, -0.1) is 11.3 Å². The average molecular weight is 435 g/mol. The zero-order valence-corrected chi connectivity index (χ0v) is 18.9. The van der Waals surface area contributed by atoms with Crippen LogP contribution in [0.1, 0.15) is 65.5 Å². The van der Waals surface area contributed by atoms with Crippen LogP contribution in [0.2, 0.25) is 0 Å². The van der Waals surface area contributed by atoms with Crippen LogP contribution in [0.25, 0.3) is 0 Å². The Kier molecular flexibility index (Phi) is 8.06. The highest BCUT2D eigenvalue weighted by molar-refractivity contribution is 7.80. The van der Waals surface area contributed by atoms with Crippen molar-refractivity contribution in [3.63, 3.8) is 0 Å². The minimum atomic E-state index is -0.245. The number of rotatable bonds is 7. The summed E-state index contributed by atoms with van der Waals surface area (Å²) in [6.07, 6.45) is 9.45. The maximum atomic E-state index is 12.7. The summed E-state index contributed by atoms with van der Waals surface area (Å²) < 4.78 is 7.33. The molecular formula is C21H30N4O2S2. The van der Waals surface area contributed by atoms with E-state index in [-0.39, 0.29) is 5.97 Å². The Morgan fingerprint density at radius 2 is 2.10 bits per heavy atom. The van der Waals surface area contributed by atoms with Crippen LogP contribution < -0.4 is 10.6 Å². The minimum absolute atomic E-state index is 0.245. The molecule has 0 saturated heterocycles. The molecule has 0 aliphatic heterocycles. The zero-order valence-electron chi connectivity index (χ0n) is 17.3. The molecule has 0 unspecified atom stereocenters. The van der Waals surface area contributed by atoms with Crippen molar-refractivity contribution in [1.82, 2.24) is 15.1 Å². The number of aryl methyl sites for hydroxylation is 3. The molecule has 3 rings (SSSR count). The summed E-state index contributed by atoms with van der Waals surface area (Å²) in [4.78, 5) is 14.0. The second kappa shape index (κ2) is 10.7. The lowest BCUT2D eigenvalue weighted by atomic mass is 9.96. The summed E-state index contributed by atoms with van der Waals surface area (Å²) in [5.41, 5.74) is 3.00. The Bertz CT molecular complexity index is 844. The van der Waals surface area contributed by atoms with Crippen LogP contribution in [0.3, 0.4) is 0 Å². The number of carbonyl (C=O) groups is 1. The Morgan fingerprint density at radius 1 is 1.31 bits per heavy atom. The number of nitrogens with one attached hydrogen (secondary N) is 2. The van der Waals surface area contributed by atoms with Crippen molar-refractivity contribution in [2.75, 3.05) is 18.5 Å². The highest BCUT2D eigenvalue weighted by atomic mass is 32.1. The average Bonchev–Trinajstić information content (AvgIpc) is 3.22. The van der Waals surface area contributed by atoms with Gasteiger partial charge in [0.1, 0.15) is 5.00 Å². The summed E-state index contributed by atoms with van der Waals surface area (Å²) in [5, 5.41) is 12.2. The van der Waals surface area contributed by atoms with Gasteiger partial charge in [0.25, 0.3) is 0 Å². The molecule has 1 aliphatic carbocycles. The quantitative estimate of drug-likeness (QED) is 0.381. The number of carbonyl (C=O) groups excluding carboxylic acids is 1. The number of nitrogens with zero attached hydrogens (tertiary/aromatic N) is 2. The van der Waals surface area contributed by atoms with Gasteiger partial charge in [0.05, 0.1) is 12.2 Å². The lowest BCUT2D eigenvalue weighted by molar-refractivity contribution is 0.0526. The first kappa shape index (κ1) is 21.8. The Morgan fingerprint density at radius 3 is 2.83 bits per heavy atom. The largest absolute Gasteiger partial charge is 0.462 e. The first-order chi connectivity index (χ1) is 14.1. The van der Waals surface area contributed by atoms with Crippen LogP contribution >= 0.6 is 23.6 Å². The molecule has 2 aromatic heterocycles. The van der Waals surface area contributed by atoms with Gasteiger partial charge in [0.2, 0.25) is 0 Å². The number of anilines is 1.